The van der Waals surface area contributed by atoms with Crippen molar-refractivity contribution in [3.05, 3.63) is 84.6 Å². The zero-order chi connectivity index (χ0) is 23.5. The summed E-state index contributed by atoms with van der Waals surface area (Å²) < 4.78 is 12.3. The molecule has 2 aromatic carbocycles. The first-order chi connectivity index (χ1) is 16.7. The molecule has 1 N–H and O–H groups in total. The van der Waals surface area contributed by atoms with E-state index in [-0.39, 0.29) is 5.91 Å². The molecule has 0 radical (unpaired) electrons. The average molecular weight is 452 g/mol. The van der Waals surface area contributed by atoms with Crippen molar-refractivity contribution in [2.75, 3.05) is 19.5 Å². The highest BCUT2D eigenvalue weighted by atomic mass is 16.5. The Bertz CT molecular complexity index is 1480. The number of amides is 1. The maximum absolute atomic E-state index is 13.0. The number of carbonyl (C=O) groups excluding carboxylic acids is 1. The lowest BCUT2D eigenvalue weighted by atomic mass is 10.1. The molecule has 0 aliphatic heterocycles. The van der Waals surface area contributed by atoms with Crippen molar-refractivity contribution in [3.8, 4) is 34.3 Å². The van der Waals surface area contributed by atoms with Crippen LogP contribution in [-0.2, 0) is 0 Å². The number of rotatable bonds is 6. The number of anilines is 1. The number of carbonyl (C=O) groups is 1. The molecule has 0 saturated carbocycles. The van der Waals surface area contributed by atoms with Crippen molar-refractivity contribution < 1.29 is 14.3 Å². The Morgan fingerprint density at radius 2 is 1.76 bits per heavy atom. The Hall–Kier alpha value is -4.79. The second-order valence-electron chi connectivity index (χ2n) is 7.30. The fourth-order valence-electron chi connectivity index (χ4n) is 3.62. The number of nitrogens with zero attached hydrogens (tertiary/aromatic N) is 5. The van der Waals surface area contributed by atoms with E-state index in [1.54, 1.807) is 28.9 Å². The van der Waals surface area contributed by atoms with Gasteiger partial charge in [0.15, 0.2) is 17.1 Å². The highest BCUT2D eigenvalue weighted by molar-refractivity contribution is 6.07. The standard InChI is InChI=1S/C25H20N6O3/c1-33-21-11-6-9-18(23(21)34-2)25(32)27-17-8-5-7-16(15-17)19-12-13-22-28-29-24(31(22)30-19)20-10-3-4-14-26-20/h3-15H,1-2H3,(H,27,32). The number of fused-ring (bicyclic) bond motifs is 1. The predicted molar refractivity (Wildman–Crippen MR) is 127 cm³/mol. The van der Waals surface area contributed by atoms with Gasteiger partial charge in [-0.25, -0.2) is 0 Å². The molecule has 168 valence electrons. The van der Waals surface area contributed by atoms with Gasteiger partial charge in [0.25, 0.3) is 5.91 Å². The van der Waals surface area contributed by atoms with Gasteiger partial charge < -0.3 is 14.8 Å². The Morgan fingerprint density at radius 3 is 2.56 bits per heavy atom. The van der Waals surface area contributed by atoms with Crippen LogP contribution in [0.2, 0.25) is 0 Å². The topological polar surface area (TPSA) is 104 Å². The summed E-state index contributed by atoms with van der Waals surface area (Å²) in [5, 5.41) is 16.0. The first-order valence-electron chi connectivity index (χ1n) is 10.4. The quantitative estimate of drug-likeness (QED) is 0.413. The number of hydrogen-bond donors (Lipinski definition) is 1. The fraction of sp³-hybridized carbons (Fsp3) is 0.0800. The monoisotopic (exact) mass is 452 g/mol. The number of pyridine rings is 1. The zero-order valence-electron chi connectivity index (χ0n) is 18.5. The van der Waals surface area contributed by atoms with E-state index in [1.807, 2.05) is 54.6 Å². The summed E-state index contributed by atoms with van der Waals surface area (Å²) in [6, 6.07) is 21.9. The predicted octanol–water partition coefficient (Wildman–Crippen LogP) is 4.12. The lowest BCUT2D eigenvalue weighted by Crippen LogP contribution is -2.13. The molecule has 0 aliphatic carbocycles. The molecule has 1 amide bonds. The third-order valence-electron chi connectivity index (χ3n) is 5.22. The van der Waals surface area contributed by atoms with E-state index in [1.165, 1.54) is 14.2 Å². The zero-order valence-corrected chi connectivity index (χ0v) is 18.5. The summed E-state index contributed by atoms with van der Waals surface area (Å²) in [6.45, 7) is 0. The van der Waals surface area contributed by atoms with E-state index >= 15 is 0 Å². The molecule has 3 aromatic heterocycles. The molecule has 0 fully saturated rings. The maximum atomic E-state index is 13.0. The van der Waals surface area contributed by atoms with Gasteiger partial charge in [-0.15, -0.1) is 10.2 Å². The van der Waals surface area contributed by atoms with E-state index in [0.717, 1.165) is 5.56 Å². The van der Waals surface area contributed by atoms with Crippen LogP contribution in [-0.4, -0.2) is 44.9 Å². The fourth-order valence-corrected chi connectivity index (χ4v) is 3.62. The third-order valence-corrected chi connectivity index (χ3v) is 5.22. The van der Waals surface area contributed by atoms with Crippen molar-refractivity contribution in [3.63, 3.8) is 0 Å². The van der Waals surface area contributed by atoms with E-state index in [9.17, 15) is 4.79 Å². The van der Waals surface area contributed by atoms with Gasteiger partial charge in [-0.2, -0.15) is 9.61 Å². The smallest absolute Gasteiger partial charge is 0.259 e. The summed E-state index contributed by atoms with van der Waals surface area (Å²) in [5.41, 5.74) is 3.78. The minimum atomic E-state index is -0.312. The highest BCUT2D eigenvalue weighted by Crippen LogP contribution is 2.31. The molecule has 0 aliphatic rings. The van der Waals surface area contributed by atoms with Crippen molar-refractivity contribution in [2.24, 2.45) is 0 Å². The minimum absolute atomic E-state index is 0.312. The van der Waals surface area contributed by atoms with Crippen LogP contribution in [0.3, 0.4) is 0 Å². The molecule has 0 atom stereocenters. The molecule has 34 heavy (non-hydrogen) atoms. The lowest BCUT2D eigenvalue weighted by molar-refractivity contribution is 0.102. The van der Waals surface area contributed by atoms with Crippen LogP contribution in [0.5, 0.6) is 11.5 Å². The molecular weight excluding hydrogens is 432 g/mol. The van der Waals surface area contributed by atoms with E-state index < -0.39 is 0 Å². The normalized spacial score (nSPS) is 10.8. The van der Waals surface area contributed by atoms with Gasteiger partial charge in [0.2, 0.25) is 5.82 Å². The minimum Gasteiger partial charge on any atom is -0.493 e. The SMILES string of the molecule is COc1cccc(C(=O)Nc2cccc(-c3ccc4nnc(-c5ccccn5)n4n3)c2)c1OC. The van der Waals surface area contributed by atoms with Crippen LogP contribution in [0.15, 0.2) is 79.0 Å². The van der Waals surface area contributed by atoms with Crippen LogP contribution in [0.4, 0.5) is 5.69 Å². The second kappa shape index (κ2) is 8.99. The number of hydrogen-bond acceptors (Lipinski definition) is 7. The Balaban J connectivity index is 1.46. The molecule has 3 heterocycles. The number of methoxy groups -OCH3 is 2. The van der Waals surface area contributed by atoms with E-state index in [0.29, 0.717) is 45.6 Å². The molecule has 0 saturated heterocycles. The van der Waals surface area contributed by atoms with Crippen LogP contribution in [0.25, 0.3) is 28.4 Å². The van der Waals surface area contributed by atoms with Gasteiger partial charge in [-0.1, -0.05) is 24.3 Å². The average Bonchev–Trinajstić information content (AvgIpc) is 3.32. The maximum Gasteiger partial charge on any atom is 0.259 e. The van der Waals surface area contributed by atoms with Crippen LogP contribution < -0.4 is 14.8 Å². The van der Waals surface area contributed by atoms with E-state index in [2.05, 4.69) is 20.5 Å². The van der Waals surface area contributed by atoms with Crippen molar-refractivity contribution in [2.45, 2.75) is 0 Å². The largest absolute Gasteiger partial charge is 0.493 e. The van der Waals surface area contributed by atoms with Crippen molar-refractivity contribution in [1.82, 2.24) is 24.8 Å². The molecule has 0 bridgehead atoms. The Morgan fingerprint density at radius 1 is 0.882 bits per heavy atom. The molecule has 9 nitrogen and oxygen atoms in total. The van der Waals surface area contributed by atoms with Crippen molar-refractivity contribution >= 4 is 17.2 Å². The number of para-hydroxylation sites is 1. The highest BCUT2D eigenvalue weighted by Gasteiger charge is 2.17. The molecular formula is C25H20N6O3. The molecule has 5 aromatic rings. The van der Waals surface area contributed by atoms with Gasteiger partial charge in [0.05, 0.1) is 25.5 Å². The third kappa shape index (κ3) is 3.90. The lowest BCUT2D eigenvalue weighted by Gasteiger charge is -2.13. The number of benzene rings is 2. The van der Waals surface area contributed by atoms with Gasteiger partial charge in [0.1, 0.15) is 5.69 Å². The summed E-state index contributed by atoms with van der Waals surface area (Å²) in [5.74, 6) is 1.10. The number of ether oxygens (including phenoxy) is 2. The molecule has 9 heteroatoms. The Labute approximate surface area is 195 Å². The van der Waals surface area contributed by atoms with Crippen LogP contribution in [0.1, 0.15) is 10.4 Å². The van der Waals surface area contributed by atoms with Gasteiger partial charge >= 0.3 is 0 Å². The summed E-state index contributed by atoms with van der Waals surface area (Å²) in [6.07, 6.45) is 1.70. The van der Waals surface area contributed by atoms with Crippen molar-refractivity contribution in [1.29, 1.82) is 0 Å². The summed E-state index contributed by atoms with van der Waals surface area (Å²) in [7, 11) is 3.03. The first-order valence-corrected chi connectivity index (χ1v) is 10.4. The van der Waals surface area contributed by atoms with E-state index in [4.69, 9.17) is 14.6 Å². The second-order valence-corrected chi connectivity index (χ2v) is 7.30. The number of aromatic nitrogens is 5. The summed E-state index contributed by atoms with van der Waals surface area (Å²) >= 11 is 0. The Kier molecular flexibility index (Phi) is 5.57. The molecule has 0 spiro atoms. The van der Waals surface area contributed by atoms with Crippen LogP contribution >= 0.6 is 0 Å². The van der Waals surface area contributed by atoms with Gasteiger partial charge in [-0.05, 0) is 48.5 Å². The molecule has 5 rings (SSSR count). The molecule has 0 unspecified atom stereocenters. The van der Waals surface area contributed by atoms with Gasteiger partial charge in [-0.3, -0.25) is 9.78 Å². The van der Waals surface area contributed by atoms with Crippen LogP contribution in [0, 0.1) is 0 Å². The first kappa shape index (κ1) is 21.1. The summed E-state index contributed by atoms with van der Waals surface area (Å²) in [4.78, 5) is 17.3. The number of nitrogens with one attached hydrogen (secondary N) is 1. The van der Waals surface area contributed by atoms with Gasteiger partial charge in [0, 0.05) is 17.4 Å².